The van der Waals surface area contributed by atoms with Crippen LogP contribution in [0.2, 0.25) is 0 Å². The summed E-state index contributed by atoms with van der Waals surface area (Å²) in [6.07, 6.45) is 2.41. The predicted molar refractivity (Wildman–Crippen MR) is 127 cm³/mol. The molecule has 0 aliphatic heterocycles. The summed E-state index contributed by atoms with van der Waals surface area (Å²) in [5, 5.41) is 17.9. The van der Waals surface area contributed by atoms with Gasteiger partial charge in [0.25, 0.3) is 10.1 Å². The zero-order valence-corrected chi connectivity index (χ0v) is 19.4. The number of benzene rings is 3. The molecule has 8 heteroatoms. The maximum absolute atomic E-state index is 14.2. The highest BCUT2D eigenvalue weighted by molar-refractivity contribution is 7.85. The number of halogens is 1. The summed E-state index contributed by atoms with van der Waals surface area (Å²) in [5.41, 5.74) is 10.4. The van der Waals surface area contributed by atoms with Gasteiger partial charge in [0, 0.05) is 6.42 Å². The number of nitriles is 2. The van der Waals surface area contributed by atoms with E-state index in [0.29, 0.717) is 17.0 Å². The average Bonchev–Trinajstić information content (AvgIpc) is 3.65. The van der Waals surface area contributed by atoms with Crippen LogP contribution in [-0.4, -0.2) is 19.0 Å². The van der Waals surface area contributed by atoms with Crippen molar-refractivity contribution in [2.75, 3.05) is 0 Å². The third-order valence-corrected chi connectivity index (χ3v) is 6.37. The summed E-state index contributed by atoms with van der Waals surface area (Å²) in [6.45, 7) is 1.84. The quantitative estimate of drug-likeness (QED) is 0.504. The second kappa shape index (κ2) is 10.6. The van der Waals surface area contributed by atoms with Crippen LogP contribution < -0.4 is 5.73 Å². The van der Waals surface area contributed by atoms with Crippen molar-refractivity contribution in [2.24, 2.45) is 5.73 Å². The summed E-state index contributed by atoms with van der Waals surface area (Å²) in [7, 11) is -4.02. The fourth-order valence-electron chi connectivity index (χ4n) is 3.46. The Morgan fingerprint density at radius 3 is 2.21 bits per heavy atom. The SMILES string of the molecule is Cc1ccc(S(=O)(=O)O)cc1.N#Cc1ccc(-c2ccc(C[C@H](N)C#N)c(F)c2)cc1C1CC1. The number of rotatable bonds is 5. The molecule has 0 aromatic heterocycles. The summed E-state index contributed by atoms with van der Waals surface area (Å²) in [4.78, 5) is -0.0666. The maximum atomic E-state index is 14.2. The van der Waals surface area contributed by atoms with Crippen molar-refractivity contribution in [2.45, 2.75) is 43.0 Å². The van der Waals surface area contributed by atoms with Crippen molar-refractivity contribution in [3.8, 4) is 23.3 Å². The summed E-state index contributed by atoms with van der Waals surface area (Å²) < 4.78 is 43.8. The van der Waals surface area contributed by atoms with Gasteiger partial charge in [-0.1, -0.05) is 35.9 Å². The molecule has 3 N–H and O–H groups in total. The third kappa shape index (κ3) is 6.49. The Labute approximate surface area is 198 Å². The van der Waals surface area contributed by atoms with Gasteiger partial charge >= 0.3 is 0 Å². The van der Waals surface area contributed by atoms with Gasteiger partial charge in [0.1, 0.15) is 5.82 Å². The van der Waals surface area contributed by atoms with Crippen molar-refractivity contribution >= 4 is 10.1 Å². The Morgan fingerprint density at radius 1 is 1.06 bits per heavy atom. The first kappa shape index (κ1) is 25.1. The van der Waals surface area contributed by atoms with Crippen LogP contribution in [0.3, 0.4) is 0 Å². The first-order chi connectivity index (χ1) is 16.1. The fraction of sp³-hybridized carbons (Fsp3) is 0.231. The van der Waals surface area contributed by atoms with Crippen LogP contribution in [0, 0.1) is 35.4 Å². The minimum Gasteiger partial charge on any atom is -0.316 e. The molecule has 0 unspecified atom stereocenters. The van der Waals surface area contributed by atoms with E-state index in [1.807, 2.05) is 31.2 Å². The molecule has 0 spiro atoms. The van der Waals surface area contributed by atoms with E-state index in [1.165, 1.54) is 18.2 Å². The van der Waals surface area contributed by atoms with Crippen LogP contribution in [0.1, 0.15) is 41.0 Å². The Hall–Kier alpha value is -3.56. The smallest absolute Gasteiger partial charge is 0.294 e. The standard InChI is InChI=1S/C19H16FN3.C7H8O3S/c20-19-9-14(3-5-15(19)7-17(23)11-22)13-4-6-16(10-21)18(8-13)12-1-2-12;1-6-2-4-7(5-3-6)11(8,9)10/h3-6,8-9,12,17H,1-2,7,23H2;2-5H,1H3,(H,8,9,10)/t17-;/m0./s1. The van der Waals surface area contributed by atoms with Crippen LogP contribution in [0.15, 0.2) is 65.6 Å². The van der Waals surface area contributed by atoms with Crippen molar-refractivity contribution in [1.29, 1.82) is 10.5 Å². The first-order valence-electron chi connectivity index (χ1n) is 10.6. The van der Waals surface area contributed by atoms with E-state index in [4.69, 9.17) is 15.5 Å². The van der Waals surface area contributed by atoms with Crippen molar-refractivity contribution in [1.82, 2.24) is 0 Å². The predicted octanol–water partition coefficient (Wildman–Crippen LogP) is 4.88. The highest BCUT2D eigenvalue weighted by atomic mass is 32.2. The normalized spacial score (nSPS) is 13.7. The van der Waals surface area contributed by atoms with Gasteiger partial charge in [-0.3, -0.25) is 4.55 Å². The van der Waals surface area contributed by atoms with Crippen LogP contribution in [0.5, 0.6) is 0 Å². The van der Waals surface area contributed by atoms with E-state index in [0.717, 1.165) is 35.1 Å². The molecule has 1 atom stereocenters. The Morgan fingerprint density at radius 2 is 1.68 bits per heavy atom. The van der Waals surface area contributed by atoms with Crippen LogP contribution in [-0.2, 0) is 16.5 Å². The average molecular weight is 478 g/mol. The molecule has 3 aromatic rings. The molecule has 1 fully saturated rings. The molecule has 3 aromatic carbocycles. The topological polar surface area (TPSA) is 128 Å². The molecule has 1 saturated carbocycles. The fourth-order valence-corrected chi connectivity index (χ4v) is 3.94. The lowest BCUT2D eigenvalue weighted by Gasteiger charge is -2.10. The minimum absolute atomic E-state index is 0.0666. The highest BCUT2D eigenvalue weighted by Gasteiger charge is 2.26. The second-order valence-electron chi connectivity index (χ2n) is 8.22. The molecule has 4 rings (SSSR count). The number of hydrogen-bond acceptors (Lipinski definition) is 5. The monoisotopic (exact) mass is 477 g/mol. The number of hydrogen-bond donors (Lipinski definition) is 2. The molecular formula is C26H24FN3O3S. The molecule has 34 heavy (non-hydrogen) atoms. The van der Waals surface area contributed by atoms with E-state index >= 15 is 0 Å². The summed E-state index contributed by atoms with van der Waals surface area (Å²) in [6, 6.07) is 20.0. The summed E-state index contributed by atoms with van der Waals surface area (Å²) >= 11 is 0. The lowest BCUT2D eigenvalue weighted by Crippen LogP contribution is -2.20. The van der Waals surface area contributed by atoms with Crippen LogP contribution >= 0.6 is 0 Å². The Bertz CT molecular complexity index is 1370. The van der Waals surface area contributed by atoms with Gasteiger partial charge in [-0.25, -0.2) is 4.39 Å². The maximum Gasteiger partial charge on any atom is 0.294 e. The van der Waals surface area contributed by atoms with Crippen molar-refractivity contribution < 1.29 is 17.4 Å². The molecule has 0 heterocycles. The van der Waals surface area contributed by atoms with Gasteiger partial charge in [-0.2, -0.15) is 18.9 Å². The zero-order valence-electron chi connectivity index (χ0n) is 18.6. The van der Waals surface area contributed by atoms with Gasteiger partial charge in [0.2, 0.25) is 0 Å². The second-order valence-corrected chi connectivity index (χ2v) is 9.64. The molecule has 1 aliphatic rings. The molecule has 1 aliphatic carbocycles. The van der Waals surface area contributed by atoms with E-state index in [-0.39, 0.29) is 17.1 Å². The lowest BCUT2D eigenvalue weighted by atomic mass is 9.95. The zero-order chi connectivity index (χ0) is 24.9. The molecule has 0 radical (unpaired) electrons. The van der Waals surface area contributed by atoms with E-state index in [1.54, 1.807) is 24.3 Å². The van der Waals surface area contributed by atoms with Gasteiger partial charge in [0.15, 0.2) is 0 Å². The van der Waals surface area contributed by atoms with Gasteiger partial charge < -0.3 is 5.73 Å². The van der Waals surface area contributed by atoms with Gasteiger partial charge in [-0.15, -0.1) is 0 Å². The number of aryl methyl sites for hydroxylation is 1. The lowest BCUT2D eigenvalue weighted by molar-refractivity contribution is 0.483. The van der Waals surface area contributed by atoms with Gasteiger partial charge in [0.05, 0.1) is 28.6 Å². The summed E-state index contributed by atoms with van der Waals surface area (Å²) in [5.74, 6) is 0.105. The molecule has 174 valence electrons. The van der Waals surface area contributed by atoms with Crippen molar-refractivity contribution in [3.05, 3.63) is 88.7 Å². The number of nitrogens with zero attached hydrogens (tertiary/aromatic N) is 2. The van der Waals surface area contributed by atoms with E-state index in [2.05, 4.69) is 6.07 Å². The molecule has 0 amide bonds. The highest BCUT2D eigenvalue weighted by Crippen LogP contribution is 2.42. The van der Waals surface area contributed by atoms with Gasteiger partial charge in [-0.05, 0) is 78.3 Å². The molecule has 6 nitrogen and oxygen atoms in total. The van der Waals surface area contributed by atoms with E-state index in [9.17, 15) is 18.1 Å². The number of nitrogens with two attached hydrogens (primary N) is 1. The molecule has 0 saturated heterocycles. The Kier molecular flexibility index (Phi) is 7.80. The third-order valence-electron chi connectivity index (χ3n) is 5.50. The first-order valence-corrected chi connectivity index (χ1v) is 12.1. The molecular weight excluding hydrogens is 453 g/mol. The van der Waals surface area contributed by atoms with E-state index < -0.39 is 16.2 Å². The van der Waals surface area contributed by atoms with Crippen molar-refractivity contribution in [3.63, 3.8) is 0 Å². The largest absolute Gasteiger partial charge is 0.316 e. The van der Waals surface area contributed by atoms with Crippen LogP contribution in [0.4, 0.5) is 4.39 Å². The Balaban J connectivity index is 0.000000248. The minimum atomic E-state index is -4.02. The molecule has 0 bridgehead atoms. The van der Waals surface area contributed by atoms with Crippen LogP contribution in [0.25, 0.3) is 11.1 Å².